The zero-order valence-corrected chi connectivity index (χ0v) is 17.6. The Morgan fingerprint density at radius 1 is 1.11 bits per heavy atom. The molecule has 28 heavy (non-hydrogen) atoms. The minimum Gasteiger partial charge on any atom is -0.444 e. The van der Waals surface area contributed by atoms with Crippen LogP contribution < -0.4 is 5.32 Å². The Labute approximate surface area is 169 Å². The molecule has 0 aromatic heterocycles. The van der Waals surface area contributed by atoms with Crippen LogP contribution in [0.3, 0.4) is 0 Å². The molecule has 0 spiro atoms. The molecule has 0 radical (unpaired) electrons. The highest BCUT2D eigenvalue weighted by atomic mass is 16.6. The number of hydrogen-bond donors (Lipinski definition) is 1. The van der Waals surface area contributed by atoms with Crippen molar-refractivity contribution < 1.29 is 14.3 Å². The van der Waals surface area contributed by atoms with Gasteiger partial charge in [0.2, 0.25) is 0 Å². The molecule has 6 heteroatoms. The molecule has 0 bridgehead atoms. The van der Waals surface area contributed by atoms with E-state index < -0.39 is 5.60 Å². The van der Waals surface area contributed by atoms with Crippen molar-refractivity contribution in [1.29, 1.82) is 5.26 Å². The number of ether oxygens (including phenoxy) is 2. The van der Waals surface area contributed by atoms with Crippen molar-refractivity contribution in [1.82, 2.24) is 10.2 Å². The summed E-state index contributed by atoms with van der Waals surface area (Å²) in [5.41, 5.74) is 0.812. The van der Waals surface area contributed by atoms with Crippen molar-refractivity contribution in [2.75, 3.05) is 32.8 Å². The molecule has 156 valence electrons. The minimum atomic E-state index is -0.473. The summed E-state index contributed by atoms with van der Waals surface area (Å²) < 4.78 is 10.7. The summed E-state index contributed by atoms with van der Waals surface area (Å²) in [5.74, 6) is 0. The molecule has 6 nitrogen and oxygen atoms in total. The fourth-order valence-electron chi connectivity index (χ4n) is 2.68. The number of nitrogens with zero attached hydrogens (tertiary/aromatic N) is 2. The first kappa shape index (κ1) is 23.9. The molecule has 0 aliphatic carbocycles. The van der Waals surface area contributed by atoms with E-state index in [2.05, 4.69) is 40.6 Å². The average molecular weight is 390 g/mol. The van der Waals surface area contributed by atoms with Crippen molar-refractivity contribution in [3.8, 4) is 6.07 Å². The van der Waals surface area contributed by atoms with E-state index in [9.17, 15) is 4.79 Å². The zero-order chi connectivity index (χ0) is 20.7. The topological polar surface area (TPSA) is 74.6 Å². The van der Waals surface area contributed by atoms with Gasteiger partial charge in [-0.15, -0.1) is 0 Å². The first-order valence-electron chi connectivity index (χ1n) is 10.1. The number of unbranched alkanes of at least 4 members (excludes halogenated alkanes) is 1. The Hall–Kier alpha value is -2.10. The molecule has 1 rings (SSSR count). The molecule has 0 aliphatic heterocycles. The van der Waals surface area contributed by atoms with Crippen molar-refractivity contribution in [2.45, 2.75) is 58.6 Å². The number of nitrogens with one attached hydrogen (secondary N) is 1. The Morgan fingerprint density at radius 2 is 1.82 bits per heavy atom. The van der Waals surface area contributed by atoms with Gasteiger partial charge < -0.3 is 14.8 Å². The molecule has 0 aliphatic rings. The van der Waals surface area contributed by atoms with Gasteiger partial charge in [0, 0.05) is 26.2 Å². The van der Waals surface area contributed by atoms with Crippen molar-refractivity contribution in [3.63, 3.8) is 0 Å². The van der Waals surface area contributed by atoms with Crippen LogP contribution >= 0.6 is 0 Å². The molecule has 0 unspecified atom stereocenters. The SMILES string of the molecule is CC(C)(C)OC(=O)NCCCN(CCCCOCCC#N)Cc1ccccc1. The van der Waals surface area contributed by atoms with Crippen molar-refractivity contribution in [2.24, 2.45) is 0 Å². The Kier molecular flexibility index (Phi) is 11.9. The van der Waals surface area contributed by atoms with E-state index in [1.807, 2.05) is 26.8 Å². The number of hydrogen-bond acceptors (Lipinski definition) is 5. The quantitative estimate of drug-likeness (QED) is 0.514. The van der Waals surface area contributed by atoms with Gasteiger partial charge in [0.15, 0.2) is 0 Å². The summed E-state index contributed by atoms with van der Waals surface area (Å²) in [6.07, 6.45) is 2.97. The lowest BCUT2D eigenvalue weighted by atomic mass is 10.2. The van der Waals surface area contributed by atoms with Gasteiger partial charge in [-0.1, -0.05) is 30.3 Å². The maximum atomic E-state index is 11.7. The second kappa shape index (κ2) is 14.0. The molecular weight excluding hydrogens is 354 g/mol. The predicted octanol–water partition coefficient (Wildman–Crippen LogP) is 4.11. The van der Waals surface area contributed by atoms with Gasteiger partial charge in [-0.25, -0.2) is 4.79 Å². The van der Waals surface area contributed by atoms with Gasteiger partial charge in [-0.05, 0) is 52.1 Å². The molecule has 0 fully saturated rings. The highest BCUT2D eigenvalue weighted by Crippen LogP contribution is 2.08. The van der Waals surface area contributed by atoms with E-state index in [4.69, 9.17) is 14.7 Å². The summed E-state index contributed by atoms with van der Waals surface area (Å²) in [5, 5.41) is 11.3. The standard InChI is InChI=1S/C22H35N3O3/c1-22(2,3)28-21(26)24-14-10-16-25(19-20-11-5-4-6-12-20)15-7-8-17-27-18-9-13-23/h4-6,11-12H,7-10,14-19H2,1-3H3,(H,24,26). The maximum absolute atomic E-state index is 11.7. The van der Waals surface area contributed by atoms with Gasteiger partial charge in [0.05, 0.1) is 19.1 Å². The van der Waals surface area contributed by atoms with Gasteiger partial charge >= 0.3 is 6.09 Å². The number of carbonyl (C=O) groups is 1. The second-order valence-electron chi connectivity index (χ2n) is 7.77. The summed E-state index contributed by atoms with van der Waals surface area (Å²) in [7, 11) is 0. The molecule has 1 amide bonds. The number of carbonyl (C=O) groups excluding carboxylic acids is 1. The fourth-order valence-corrected chi connectivity index (χ4v) is 2.68. The van der Waals surface area contributed by atoms with E-state index in [0.29, 0.717) is 26.2 Å². The average Bonchev–Trinajstić information content (AvgIpc) is 2.63. The molecule has 0 saturated heterocycles. The molecule has 0 heterocycles. The Morgan fingerprint density at radius 3 is 2.50 bits per heavy atom. The smallest absolute Gasteiger partial charge is 0.407 e. The highest BCUT2D eigenvalue weighted by Gasteiger charge is 2.15. The predicted molar refractivity (Wildman–Crippen MR) is 111 cm³/mol. The first-order valence-corrected chi connectivity index (χ1v) is 10.1. The molecule has 1 N–H and O–H groups in total. The summed E-state index contributed by atoms with van der Waals surface area (Å²) in [6, 6.07) is 12.5. The van der Waals surface area contributed by atoms with Crippen LogP contribution in [0.2, 0.25) is 0 Å². The highest BCUT2D eigenvalue weighted by molar-refractivity contribution is 5.67. The number of alkyl carbamates (subject to hydrolysis) is 1. The lowest BCUT2D eigenvalue weighted by molar-refractivity contribution is 0.0525. The third kappa shape index (κ3) is 13.1. The third-order valence-electron chi connectivity index (χ3n) is 3.94. The van der Waals surface area contributed by atoms with Crippen LogP contribution in [-0.2, 0) is 16.0 Å². The Balaban J connectivity index is 2.33. The molecule has 1 aromatic carbocycles. The lowest BCUT2D eigenvalue weighted by Crippen LogP contribution is -2.34. The normalized spacial score (nSPS) is 11.2. The van der Waals surface area contributed by atoms with E-state index in [-0.39, 0.29) is 6.09 Å². The van der Waals surface area contributed by atoms with Gasteiger partial charge in [-0.2, -0.15) is 5.26 Å². The maximum Gasteiger partial charge on any atom is 0.407 e. The number of nitriles is 1. The number of rotatable bonds is 13. The third-order valence-corrected chi connectivity index (χ3v) is 3.94. The van der Waals surface area contributed by atoms with Crippen LogP contribution in [0, 0.1) is 11.3 Å². The van der Waals surface area contributed by atoms with Crippen molar-refractivity contribution in [3.05, 3.63) is 35.9 Å². The van der Waals surface area contributed by atoms with Crippen LogP contribution in [0.25, 0.3) is 0 Å². The molecule has 0 atom stereocenters. The molecular formula is C22H35N3O3. The number of amides is 1. The summed E-state index contributed by atoms with van der Waals surface area (Å²) >= 11 is 0. The van der Waals surface area contributed by atoms with Crippen LogP contribution in [0.5, 0.6) is 0 Å². The summed E-state index contributed by atoms with van der Waals surface area (Å²) in [4.78, 5) is 14.1. The molecule has 0 saturated carbocycles. The lowest BCUT2D eigenvalue weighted by Gasteiger charge is -2.23. The van der Waals surface area contributed by atoms with Gasteiger partial charge in [-0.3, -0.25) is 4.90 Å². The zero-order valence-electron chi connectivity index (χ0n) is 17.6. The van der Waals surface area contributed by atoms with Crippen LogP contribution in [0.15, 0.2) is 30.3 Å². The largest absolute Gasteiger partial charge is 0.444 e. The molecule has 1 aromatic rings. The van der Waals surface area contributed by atoms with Crippen molar-refractivity contribution >= 4 is 6.09 Å². The minimum absolute atomic E-state index is 0.364. The van der Waals surface area contributed by atoms with Gasteiger partial charge in [0.1, 0.15) is 5.60 Å². The fraction of sp³-hybridized carbons (Fsp3) is 0.636. The Bertz CT molecular complexity index is 579. The first-order chi connectivity index (χ1) is 13.4. The second-order valence-corrected chi connectivity index (χ2v) is 7.77. The van der Waals surface area contributed by atoms with E-state index in [1.165, 1.54) is 5.56 Å². The van der Waals surface area contributed by atoms with Crippen LogP contribution in [0.4, 0.5) is 4.79 Å². The van der Waals surface area contributed by atoms with E-state index >= 15 is 0 Å². The van der Waals surface area contributed by atoms with E-state index in [0.717, 1.165) is 38.9 Å². The number of benzene rings is 1. The van der Waals surface area contributed by atoms with E-state index in [1.54, 1.807) is 0 Å². The summed E-state index contributed by atoms with van der Waals surface area (Å²) in [6.45, 7) is 10.2. The van der Waals surface area contributed by atoms with Gasteiger partial charge in [0.25, 0.3) is 0 Å². The van der Waals surface area contributed by atoms with Crippen LogP contribution in [-0.4, -0.2) is 49.4 Å². The van der Waals surface area contributed by atoms with Crippen LogP contribution in [0.1, 0.15) is 52.0 Å². The monoisotopic (exact) mass is 389 g/mol.